The van der Waals surface area contributed by atoms with Gasteiger partial charge in [0.25, 0.3) is 6.43 Å². The van der Waals surface area contributed by atoms with Gasteiger partial charge in [0.1, 0.15) is 11.5 Å². The van der Waals surface area contributed by atoms with Gasteiger partial charge in [0.2, 0.25) is 0 Å². The number of alkyl halides is 2. The summed E-state index contributed by atoms with van der Waals surface area (Å²) in [5, 5.41) is 3.22. The number of halogens is 4. The number of aromatic nitrogens is 1. The number of rotatable bonds is 4. The van der Waals surface area contributed by atoms with E-state index in [0.29, 0.717) is 12.2 Å². The SMILES string of the molecule is CCCNc1cc(C(F)F)nc2c(Cl)ccc(F)c12. The van der Waals surface area contributed by atoms with Gasteiger partial charge in [-0.1, -0.05) is 18.5 Å². The van der Waals surface area contributed by atoms with E-state index in [9.17, 15) is 13.2 Å². The Bertz CT molecular complexity index is 602. The van der Waals surface area contributed by atoms with Gasteiger partial charge in [-0.15, -0.1) is 0 Å². The highest BCUT2D eigenvalue weighted by atomic mass is 35.5. The molecule has 2 aromatic rings. The molecule has 0 bridgehead atoms. The third-order valence-electron chi connectivity index (χ3n) is 2.67. The second kappa shape index (κ2) is 5.65. The summed E-state index contributed by atoms with van der Waals surface area (Å²) in [4.78, 5) is 3.74. The minimum absolute atomic E-state index is 0.0538. The molecule has 1 aromatic carbocycles. The zero-order valence-corrected chi connectivity index (χ0v) is 10.9. The number of benzene rings is 1. The Kier molecular flexibility index (Phi) is 4.14. The van der Waals surface area contributed by atoms with Crippen LogP contribution in [0, 0.1) is 5.82 Å². The van der Waals surface area contributed by atoms with Crippen molar-refractivity contribution in [1.82, 2.24) is 4.98 Å². The molecule has 1 aromatic heterocycles. The Balaban J connectivity index is 2.70. The standard InChI is InChI=1S/C13H12ClF3N2/c1-2-5-18-9-6-10(13(16)17)19-12-7(14)3-4-8(15)11(9)12/h3-4,6,13H,2,5H2,1H3,(H,18,19). The quantitative estimate of drug-likeness (QED) is 0.875. The van der Waals surface area contributed by atoms with Crippen molar-refractivity contribution in [2.24, 2.45) is 0 Å². The molecule has 1 N–H and O–H groups in total. The van der Waals surface area contributed by atoms with Crippen LogP contribution in [0.1, 0.15) is 25.5 Å². The van der Waals surface area contributed by atoms with Crippen molar-refractivity contribution < 1.29 is 13.2 Å². The molecule has 0 aliphatic rings. The van der Waals surface area contributed by atoms with E-state index in [1.54, 1.807) is 0 Å². The molecule has 0 aliphatic carbocycles. The maximum absolute atomic E-state index is 13.9. The normalized spacial score (nSPS) is 11.3. The lowest BCUT2D eigenvalue weighted by atomic mass is 10.1. The van der Waals surface area contributed by atoms with Crippen LogP contribution in [-0.4, -0.2) is 11.5 Å². The number of nitrogens with one attached hydrogen (secondary N) is 1. The first-order valence-corrected chi connectivity index (χ1v) is 6.23. The molecule has 0 fully saturated rings. The summed E-state index contributed by atoms with van der Waals surface area (Å²) in [5.41, 5.74) is -0.0705. The van der Waals surface area contributed by atoms with Crippen LogP contribution in [0.4, 0.5) is 18.9 Å². The average Bonchev–Trinajstić information content (AvgIpc) is 2.39. The summed E-state index contributed by atoms with van der Waals surface area (Å²) in [6.45, 7) is 2.47. The summed E-state index contributed by atoms with van der Waals surface area (Å²) in [6.07, 6.45) is -1.94. The monoisotopic (exact) mass is 288 g/mol. The van der Waals surface area contributed by atoms with Crippen LogP contribution in [0.5, 0.6) is 0 Å². The van der Waals surface area contributed by atoms with E-state index in [1.165, 1.54) is 18.2 Å². The summed E-state index contributed by atoms with van der Waals surface area (Å²) in [7, 11) is 0. The molecule has 2 nitrogen and oxygen atoms in total. The fourth-order valence-corrected chi connectivity index (χ4v) is 2.00. The van der Waals surface area contributed by atoms with Crippen molar-refractivity contribution in [2.45, 2.75) is 19.8 Å². The number of hydrogen-bond donors (Lipinski definition) is 1. The van der Waals surface area contributed by atoms with Gasteiger partial charge in [-0.2, -0.15) is 0 Å². The second-order valence-electron chi connectivity index (χ2n) is 4.07. The van der Waals surface area contributed by atoms with Gasteiger partial charge in [-0.05, 0) is 24.6 Å². The van der Waals surface area contributed by atoms with E-state index in [4.69, 9.17) is 11.6 Å². The lowest BCUT2D eigenvalue weighted by molar-refractivity contribution is 0.146. The van der Waals surface area contributed by atoms with Crippen LogP contribution in [0.3, 0.4) is 0 Å². The average molecular weight is 289 g/mol. The Morgan fingerprint density at radius 1 is 1.37 bits per heavy atom. The molecule has 0 saturated heterocycles. The smallest absolute Gasteiger partial charge is 0.280 e. The predicted octanol–water partition coefficient (Wildman–Crippen LogP) is 4.79. The van der Waals surface area contributed by atoms with Crippen molar-refractivity contribution in [3.63, 3.8) is 0 Å². The molecular weight excluding hydrogens is 277 g/mol. The van der Waals surface area contributed by atoms with Crippen LogP contribution < -0.4 is 5.32 Å². The number of fused-ring (bicyclic) bond motifs is 1. The van der Waals surface area contributed by atoms with E-state index < -0.39 is 17.9 Å². The largest absolute Gasteiger partial charge is 0.384 e. The fraction of sp³-hybridized carbons (Fsp3) is 0.308. The van der Waals surface area contributed by atoms with Crippen molar-refractivity contribution in [1.29, 1.82) is 0 Å². The second-order valence-corrected chi connectivity index (χ2v) is 4.48. The van der Waals surface area contributed by atoms with Crippen LogP contribution in [0.15, 0.2) is 18.2 Å². The maximum Gasteiger partial charge on any atom is 0.280 e. The van der Waals surface area contributed by atoms with Crippen LogP contribution >= 0.6 is 11.6 Å². The lowest BCUT2D eigenvalue weighted by Crippen LogP contribution is -2.04. The molecule has 102 valence electrons. The summed E-state index contributed by atoms with van der Waals surface area (Å²) in [5.74, 6) is -0.536. The number of nitrogens with zero attached hydrogens (tertiary/aromatic N) is 1. The molecule has 6 heteroatoms. The number of pyridine rings is 1. The molecule has 0 amide bonds. The van der Waals surface area contributed by atoms with Gasteiger partial charge < -0.3 is 5.32 Å². The van der Waals surface area contributed by atoms with Crippen molar-refractivity contribution in [3.05, 3.63) is 34.7 Å². The molecule has 19 heavy (non-hydrogen) atoms. The molecule has 0 atom stereocenters. The zero-order chi connectivity index (χ0) is 14.0. The van der Waals surface area contributed by atoms with Gasteiger partial charge in [0.05, 0.1) is 15.9 Å². The summed E-state index contributed by atoms with van der Waals surface area (Å²) >= 11 is 5.91. The first-order valence-electron chi connectivity index (χ1n) is 5.85. The van der Waals surface area contributed by atoms with Gasteiger partial charge in [0.15, 0.2) is 0 Å². The Labute approximate surface area is 113 Å². The topological polar surface area (TPSA) is 24.9 Å². The van der Waals surface area contributed by atoms with E-state index in [0.717, 1.165) is 6.42 Å². The van der Waals surface area contributed by atoms with Gasteiger partial charge >= 0.3 is 0 Å². The fourth-order valence-electron chi connectivity index (χ4n) is 1.80. The van der Waals surface area contributed by atoms with E-state index in [1.807, 2.05) is 6.92 Å². The summed E-state index contributed by atoms with van der Waals surface area (Å²) in [6, 6.07) is 3.68. The van der Waals surface area contributed by atoms with Crippen LogP contribution in [0.2, 0.25) is 5.02 Å². The van der Waals surface area contributed by atoms with E-state index >= 15 is 0 Å². The number of anilines is 1. The van der Waals surface area contributed by atoms with E-state index in [-0.39, 0.29) is 15.9 Å². The first-order chi connectivity index (χ1) is 9.04. The minimum Gasteiger partial charge on any atom is -0.384 e. The number of hydrogen-bond acceptors (Lipinski definition) is 2. The van der Waals surface area contributed by atoms with Crippen molar-refractivity contribution >= 4 is 28.2 Å². The minimum atomic E-state index is -2.73. The van der Waals surface area contributed by atoms with E-state index in [2.05, 4.69) is 10.3 Å². The van der Waals surface area contributed by atoms with Crippen LogP contribution in [-0.2, 0) is 0 Å². The van der Waals surface area contributed by atoms with Crippen molar-refractivity contribution in [2.75, 3.05) is 11.9 Å². The molecule has 0 unspecified atom stereocenters. The van der Waals surface area contributed by atoms with Gasteiger partial charge in [-0.3, -0.25) is 0 Å². The molecule has 0 aliphatic heterocycles. The predicted molar refractivity (Wildman–Crippen MR) is 70.4 cm³/mol. The Morgan fingerprint density at radius 3 is 2.74 bits per heavy atom. The Hall–Kier alpha value is -1.49. The molecule has 0 radical (unpaired) electrons. The summed E-state index contributed by atoms with van der Waals surface area (Å²) < 4.78 is 39.5. The third kappa shape index (κ3) is 2.76. The highest BCUT2D eigenvalue weighted by Crippen LogP contribution is 2.33. The van der Waals surface area contributed by atoms with Gasteiger partial charge in [0, 0.05) is 12.2 Å². The first kappa shape index (κ1) is 13.9. The molecule has 0 saturated carbocycles. The third-order valence-corrected chi connectivity index (χ3v) is 2.97. The maximum atomic E-state index is 13.9. The molecule has 2 rings (SSSR count). The Morgan fingerprint density at radius 2 is 2.11 bits per heavy atom. The lowest BCUT2D eigenvalue weighted by Gasteiger charge is -2.12. The van der Waals surface area contributed by atoms with Crippen molar-refractivity contribution in [3.8, 4) is 0 Å². The van der Waals surface area contributed by atoms with Crippen LogP contribution in [0.25, 0.3) is 10.9 Å². The zero-order valence-electron chi connectivity index (χ0n) is 10.2. The molecule has 0 spiro atoms. The molecule has 1 heterocycles. The molecular formula is C13H12ClF3N2. The highest BCUT2D eigenvalue weighted by Gasteiger charge is 2.17. The highest BCUT2D eigenvalue weighted by molar-refractivity contribution is 6.35. The van der Waals surface area contributed by atoms with Gasteiger partial charge in [-0.25, -0.2) is 18.2 Å².